The number of rotatable bonds is 1. The molecule has 0 aromatic rings. The van der Waals surface area contributed by atoms with Crippen LogP contribution in [0.1, 0.15) is 27.2 Å². The van der Waals surface area contributed by atoms with Crippen LogP contribution in [-0.4, -0.2) is 48.9 Å². The predicted molar refractivity (Wildman–Crippen MR) is 60.2 cm³/mol. The number of carbonyl (C=O) groups excluding carboxylic acids is 1. The molecule has 0 spiro atoms. The fraction of sp³-hybridized carbons (Fsp3) is 0.909. The summed E-state index contributed by atoms with van der Waals surface area (Å²) in [5.41, 5.74) is -0.525. The first-order chi connectivity index (χ1) is 7.33. The molecule has 0 bridgehead atoms. The lowest BCUT2D eigenvalue weighted by Crippen LogP contribution is -2.52. The number of carbonyl (C=O) groups is 1. The minimum atomic E-state index is -1.02. The molecular weight excluding hydrogens is 211 g/mol. The lowest BCUT2D eigenvalue weighted by atomic mass is 10.0. The second-order valence-electron chi connectivity index (χ2n) is 5.13. The Labute approximate surface area is 96.1 Å². The van der Waals surface area contributed by atoms with Crippen molar-refractivity contribution in [3.8, 4) is 0 Å². The van der Waals surface area contributed by atoms with Gasteiger partial charge in [0.25, 0.3) is 0 Å². The number of hydrogen-bond donors (Lipinski definition) is 1. The van der Waals surface area contributed by atoms with Crippen LogP contribution in [0.15, 0.2) is 0 Å². The smallest absolute Gasteiger partial charge is 0.410 e. The maximum atomic E-state index is 13.6. The Bertz CT molecular complexity index is 253. The lowest BCUT2D eigenvalue weighted by Gasteiger charge is -2.35. The lowest BCUT2D eigenvalue weighted by molar-refractivity contribution is 0.00990. The number of hydrogen-bond acceptors (Lipinski definition) is 3. The van der Waals surface area contributed by atoms with Crippen LogP contribution in [0.5, 0.6) is 0 Å². The molecule has 1 amide bonds. The van der Waals surface area contributed by atoms with Crippen LogP contribution in [-0.2, 0) is 4.74 Å². The Kier molecular flexibility index (Phi) is 4.13. The van der Waals surface area contributed by atoms with Crippen molar-refractivity contribution in [3.05, 3.63) is 0 Å². The first-order valence-electron chi connectivity index (χ1n) is 5.63. The molecular formula is C11H21FN2O2. The highest BCUT2D eigenvalue weighted by Gasteiger charge is 2.32. The van der Waals surface area contributed by atoms with Crippen LogP contribution in [0.4, 0.5) is 9.18 Å². The van der Waals surface area contributed by atoms with Crippen LogP contribution >= 0.6 is 0 Å². The molecule has 4 nitrogen and oxygen atoms in total. The molecule has 1 rings (SSSR count). The summed E-state index contributed by atoms with van der Waals surface area (Å²) in [5.74, 6) is 0. The standard InChI is InChI=1S/C11H21FN2O2/c1-11(2,3)16-10(15)14-6-5-9(13-4)8(12)7-14/h8-9,13H,5-7H2,1-4H3/t8-,9-/m0/s1. The van der Waals surface area contributed by atoms with Gasteiger partial charge in [-0.25, -0.2) is 9.18 Å². The summed E-state index contributed by atoms with van der Waals surface area (Å²) < 4.78 is 18.8. The number of halogens is 1. The molecule has 1 aliphatic heterocycles. The maximum absolute atomic E-state index is 13.6. The fourth-order valence-corrected chi connectivity index (χ4v) is 1.72. The van der Waals surface area contributed by atoms with Crippen molar-refractivity contribution in [3.63, 3.8) is 0 Å². The molecule has 0 saturated carbocycles. The third-order valence-electron chi connectivity index (χ3n) is 2.56. The number of likely N-dealkylation sites (tertiary alicyclic amines) is 1. The van der Waals surface area contributed by atoms with Crippen molar-refractivity contribution >= 4 is 6.09 Å². The summed E-state index contributed by atoms with van der Waals surface area (Å²) in [4.78, 5) is 13.1. The molecule has 1 heterocycles. The van der Waals surface area contributed by atoms with Gasteiger partial charge in [0, 0.05) is 12.6 Å². The highest BCUT2D eigenvalue weighted by molar-refractivity contribution is 5.68. The van der Waals surface area contributed by atoms with Crippen molar-refractivity contribution in [1.29, 1.82) is 0 Å². The van der Waals surface area contributed by atoms with E-state index in [0.717, 1.165) is 0 Å². The van der Waals surface area contributed by atoms with E-state index in [4.69, 9.17) is 4.74 Å². The minimum Gasteiger partial charge on any atom is -0.444 e. The number of amides is 1. The average molecular weight is 232 g/mol. The van der Waals surface area contributed by atoms with E-state index in [9.17, 15) is 9.18 Å². The highest BCUT2D eigenvalue weighted by Crippen LogP contribution is 2.17. The van der Waals surface area contributed by atoms with Gasteiger partial charge in [0.1, 0.15) is 11.8 Å². The van der Waals surface area contributed by atoms with E-state index in [-0.39, 0.29) is 12.6 Å². The van der Waals surface area contributed by atoms with Crippen LogP contribution in [0, 0.1) is 0 Å². The second kappa shape index (κ2) is 4.99. The highest BCUT2D eigenvalue weighted by atomic mass is 19.1. The zero-order valence-electron chi connectivity index (χ0n) is 10.4. The van der Waals surface area contributed by atoms with Gasteiger partial charge in [-0.15, -0.1) is 0 Å². The number of alkyl halides is 1. The summed E-state index contributed by atoms with van der Waals surface area (Å²) in [6, 6.07) is -0.154. The van der Waals surface area contributed by atoms with Gasteiger partial charge >= 0.3 is 6.09 Å². The van der Waals surface area contributed by atoms with E-state index < -0.39 is 17.9 Å². The molecule has 94 valence electrons. The van der Waals surface area contributed by atoms with Gasteiger partial charge in [-0.2, -0.15) is 0 Å². The Morgan fingerprint density at radius 1 is 1.50 bits per heavy atom. The Hall–Kier alpha value is -0.840. The average Bonchev–Trinajstić information content (AvgIpc) is 2.15. The van der Waals surface area contributed by atoms with Crippen LogP contribution in [0.25, 0.3) is 0 Å². The van der Waals surface area contributed by atoms with E-state index in [0.29, 0.717) is 13.0 Å². The first-order valence-corrected chi connectivity index (χ1v) is 5.63. The molecule has 1 aliphatic rings. The Morgan fingerprint density at radius 3 is 2.56 bits per heavy atom. The van der Waals surface area contributed by atoms with E-state index >= 15 is 0 Å². The summed E-state index contributed by atoms with van der Waals surface area (Å²) >= 11 is 0. The normalized spacial score (nSPS) is 26.7. The molecule has 1 N–H and O–H groups in total. The van der Waals surface area contributed by atoms with Gasteiger partial charge in [-0.1, -0.05) is 0 Å². The number of nitrogens with zero attached hydrogens (tertiary/aromatic N) is 1. The van der Waals surface area contributed by atoms with Gasteiger partial charge in [-0.3, -0.25) is 0 Å². The van der Waals surface area contributed by atoms with E-state index in [1.165, 1.54) is 4.90 Å². The third-order valence-corrected chi connectivity index (χ3v) is 2.56. The first kappa shape index (κ1) is 13.2. The molecule has 16 heavy (non-hydrogen) atoms. The van der Waals surface area contributed by atoms with E-state index in [1.807, 2.05) is 0 Å². The van der Waals surface area contributed by atoms with Crippen molar-refractivity contribution in [2.24, 2.45) is 0 Å². The zero-order chi connectivity index (χ0) is 12.3. The van der Waals surface area contributed by atoms with E-state index in [2.05, 4.69) is 5.32 Å². The van der Waals surface area contributed by atoms with Crippen molar-refractivity contribution in [1.82, 2.24) is 10.2 Å². The predicted octanol–water partition coefficient (Wildman–Crippen LogP) is 1.55. The Morgan fingerprint density at radius 2 is 2.12 bits per heavy atom. The van der Waals surface area contributed by atoms with Crippen LogP contribution in [0.2, 0.25) is 0 Å². The van der Waals surface area contributed by atoms with Crippen LogP contribution in [0.3, 0.4) is 0 Å². The van der Waals surface area contributed by atoms with Gasteiger partial charge in [-0.05, 0) is 34.2 Å². The van der Waals surface area contributed by atoms with Crippen molar-refractivity contribution in [2.45, 2.75) is 45.0 Å². The molecule has 2 atom stereocenters. The number of piperidine rings is 1. The molecule has 0 aromatic carbocycles. The van der Waals surface area contributed by atoms with Gasteiger partial charge < -0.3 is 15.0 Å². The van der Waals surface area contributed by atoms with Gasteiger partial charge in [0.2, 0.25) is 0 Å². The van der Waals surface area contributed by atoms with Crippen molar-refractivity contribution in [2.75, 3.05) is 20.1 Å². The van der Waals surface area contributed by atoms with Crippen LogP contribution < -0.4 is 5.32 Å². The summed E-state index contributed by atoms with van der Waals surface area (Å²) in [6.07, 6.45) is -0.826. The summed E-state index contributed by atoms with van der Waals surface area (Å²) in [5, 5.41) is 2.91. The molecule has 5 heteroatoms. The SMILES string of the molecule is CN[C@H]1CCN(C(=O)OC(C)(C)C)C[C@@H]1F. The third kappa shape index (κ3) is 3.63. The molecule has 1 fully saturated rings. The molecule has 0 unspecified atom stereocenters. The monoisotopic (exact) mass is 232 g/mol. The van der Waals surface area contributed by atoms with Gasteiger partial charge in [0.05, 0.1) is 6.54 Å². The zero-order valence-corrected chi connectivity index (χ0v) is 10.4. The molecule has 1 saturated heterocycles. The molecule has 0 aromatic heterocycles. The summed E-state index contributed by atoms with van der Waals surface area (Å²) in [7, 11) is 1.74. The minimum absolute atomic E-state index is 0.112. The van der Waals surface area contributed by atoms with E-state index in [1.54, 1.807) is 27.8 Å². The molecule has 0 aliphatic carbocycles. The largest absolute Gasteiger partial charge is 0.444 e. The van der Waals surface area contributed by atoms with Gasteiger partial charge in [0.15, 0.2) is 0 Å². The summed E-state index contributed by atoms with van der Waals surface area (Å²) in [6.45, 7) is 6.07. The fourth-order valence-electron chi connectivity index (χ4n) is 1.72. The quantitative estimate of drug-likeness (QED) is 0.746. The van der Waals surface area contributed by atoms with Crippen molar-refractivity contribution < 1.29 is 13.9 Å². The Balaban J connectivity index is 2.48. The number of nitrogens with one attached hydrogen (secondary N) is 1. The second-order valence-corrected chi connectivity index (χ2v) is 5.13. The maximum Gasteiger partial charge on any atom is 0.410 e. The molecule has 0 radical (unpaired) electrons. The number of ether oxygens (including phenoxy) is 1. The topological polar surface area (TPSA) is 41.6 Å².